The molecular formula is C31H26N4O3. The molecule has 2 aliphatic rings. The Morgan fingerprint density at radius 3 is 2.47 bits per heavy atom. The lowest BCUT2D eigenvalue weighted by molar-refractivity contribution is -0.119. The summed E-state index contributed by atoms with van der Waals surface area (Å²) in [4.78, 5) is 31.2. The highest BCUT2D eigenvalue weighted by atomic mass is 16.3. The molecule has 38 heavy (non-hydrogen) atoms. The van der Waals surface area contributed by atoms with Crippen LogP contribution in [0.15, 0.2) is 108 Å². The van der Waals surface area contributed by atoms with E-state index >= 15 is 0 Å². The van der Waals surface area contributed by atoms with Gasteiger partial charge in [-0.1, -0.05) is 48.5 Å². The van der Waals surface area contributed by atoms with Gasteiger partial charge in [-0.2, -0.15) is 0 Å². The normalized spacial score (nSPS) is 16.1. The number of amides is 3. The predicted octanol–water partition coefficient (Wildman–Crippen LogP) is 6.36. The van der Waals surface area contributed by atoms with Crippen LogP contribution in [0.25, 0.3) is 16.5 Å². The van der Waals surface area contributed by atoms with Gasteiger partial charge < -0.3 is 19.2 Å². The van der Waals surface area contributed by atoms with Crippen molar-refractivity contribution in [3.05, 3.63) is 115 Å². The molecule has 0 bridgehead atoms. The molecule has 0 radical (unpaired) electrons. The Labute approximate surface area is 219 Å². The minimum atomic E-state index is -0.440. The summed E-state index contributed by atoms with van der Waals surface area (Å²) in [6.45, 7) is -0.0342. The van der Waals surface area contributed by atoms with Gasteiger partial charge in [-0.3, -0.25) is 9.69 Å². The smallest absolute Gasteiger partial charge is 0.322 e. The van der Waals surface area contributed by atoms with Crippen molar-refractivity contribution in [1.29, 1.82) is 0 Å². The van der Waals surface area contributed by atoms with E-state index in [2.05, 4.69) is 9.88 Å². The lowest BCUT2D eigenvalue weighted by Crippen LogP contribution is -2.48. The van der Waals surface area contributed by atoms with E-state index in [1.54, 1.807) is 16.1 Å². The molecule has 3 aromatic carbocycles. The lowest BCUT2D eigenvalue weighted by atomic mass is 10.0. The summed E-state index contributed by atoms with van der Waals surface area (Å²) in [7, 11) is 0. The van der Waals surface area contributed by atoms with Crippen LogP contribution in [0.4, 0.5) is 16.2 Å². The molecule has 1 aliphatic heterocycles. The van der Waals surface area contributed by atoms with Crippen LogP contribution in [0.3, 0.4) is 0 Å². The quantitative estimate of drug-likeness (QED) is 0.304. The summed E-state index contributed by atoms with van der Waals surface area (Å²) in [6.07, 6.45) is 5.40. The van der Waals surface area contributed by atoms with Crippen LogP contribution in [0.2, 0.25) is 0 Å². The highest BCUT2D eigenvalue weighted by molar-refractivity contribution is 6.04. The maximum absolute atomic E-state index is 14.2. The topological polar surface area (TPSA) is 70.7 Å². The van der Waals surface area contributed by atoms with E-state index in [0.29, 0.717) is 5.76 Å². The molecule has 1 fully saturated rings. The highest BCUT2D eigenvalue weighted by Crippen LogP contribution is 2.42. The zero-order valence-electron chi connectivity index (χ0n) is 20.7. The number of nitrogens with zero attached hydrogens (tertiary/aromatic N) is 3. The van der Waals surface area contributed by atoms with Crippen LogP contribution in [-0.2, 0) is 4.79 Å². The molecule has 1 aliphatic carbocycles. The number of hydrogen-bond acceptors (Lipinski definition) is 3. The van der Waals surface area contributed by atoms with E-state index in [-0.39, 0.29) is 24.5 Å². The first-order chi connectivity index (χ1) is 18.7. The fraction of sp³-hybridized carbons (Fsp3) is 0.161. The first kappa shape index (κ1) is 22.4. The Morgan fingerprint density at radius 2 is 1.66 bits per heavy atom. The van der Waals surface area contributed by atoms with Gasteiger partial charge in [0.15, 0.2) is 0 Å². The summed E-state index contributed by atoms with van der Waals surface area (Å²) in [5.41, 5.74) is 3.38. The fourth-order valence-electron chi connectivity index (χ4n) is 5.47. The van der Waals surface area contributed by atoms with Gasteiger partial charge >= 0.3 is 6.03 Å². The summed E-state index contributed by atoms with van der Waals surface area (Å²) in [6, 6.07) is 28.7. The van der Waals surface area contributed by atoms with Gasteiger partial charge in [0.25, 0.3) is 0 Å². The zero-order valence-corrected chi connectivity index (χ0v) is 20.7. The van der Waals surface area contributed by atoms with Crippen molar-refractivity contribution in [1.82, 2.24) is 9.47 Å². The predicted molar refractivity (Wildman–Crippen MR) is 147 cm³/mol. The Kier molecular flexibility index (Phi) is 5.28. The Bertz CT molecular complexity index is 1650. The minimum Gasteiger partial charge on any atom is -0.467 e. The summed E-state index contributed by atoms with van der Waals surface area (Å²) < 4.78 is 7.92. The second-order valence-electron chi connectivity index (χ2n) is 9.79. The molecule has 2 aromatic heterocycles. The molecule has 3 heterocycles. The average molecular weight is 503 g/mol. The molecule has 1 N–H and O–H groups in total. The molecular weight excluding hydrogens is 476 g/mol. The number of nitrogens with one attached hydrogen (secondary N) is 1. The molecule has 7 heteroatoms. The average Bonchev–Trinajstić information content (AvgIpc) is 3.41. The number of anilines is 2. The summed E-state index contributed by atoms with van der Waals surface area (Å²) >= 11 is 0. The Hall–Kier alpha value is -4.78. The Balaban J connectivity index is 1.22. The van der Waals surface area contributed by atoms with Crippen molar-refractivity contribution in [3.8, 4) is 5.69 Å². The zero-order chi connectivity index (χ0) is 25.6. The van der Waals surface area contributed by atoms with E-state index in [1.807, 2.05) is 97.2 Å². The van der Waals surface area contributed by atoms with E-state index in [0.717, 1.165) is 46.4 Å². The molecule has 1 saturated carbocycles. The highest BCUT2D eigenvalue weighted by Gasteiger charge is 2.41. The van der Waals surface area contributed by atoms with Crippen molar-refractivity contribution in [3.63, 3.8) is 0 Å². The van der Waals surface area contributed by atoms with Crippen LogP contribution >= 0.6 is 0 Å². The van der Waals surface area contributed by atoms with Crippen LogP contribution in [0.1, 0.15) is 30.3 Å². The van der Waals surface area contributed by atoms with Gasteiger partial charge in [0, 0.05) is 17.6 Å². The number of benzene rings is 3. The SMILES string of the molecule is O=C(Nc1cccc2ccccc12)N(CC(=O)N1c2ccccc2-n2cccc2C1c1ccco1)C1CC1. The molecule has 5 aromatic rings. The maximum Gasteiger partial charge on any atom is 0.322 e. The van der Waals surface area contributed by atoms with E-state index < -0.39 is 6.04 Å². The van der Waals surface area contributed by atoms with Gasteiger partial charge in [-0.25, -0.2) is 4.79 Å². The second kappa shape index (κ2) is 8.95. The number of furan rings is 1. The number of aromatic nitrogens is 1. The van der Waals surface area contributed by atoms with Crippen LogP contribution in [0, 0.1) is 0 Å². The van der Waals surface area contributed by atoms with E-state index in [9.17, 15) is 9.59 Å². The molecule has 0 spiro atoms. The van der Waals surface area contributed by atoms with Crippen molar-refractivity contribution >= 4 is 34.1 Å². The van der Waals surface area contributed by atoms with Gasteiger partial charge in [0.1, 0.15) is 18.3 Å². The molecule has 3 amide bonds. The lowest BCUT2D eigenvalue weighted by Gasteiger charge is -2.38. The Morgan fingerprint density at radius 1 is 0.868 bits per heavy atom. The second-order valence-corrected chi connectivity index (χ2v) is 9.79. The molecule has 7 nitrogen and oxygen atoms in total. The number of rotatable bonds is 5. The van der Waals surface area contributed by atoms with Crippen LogP contribution in [-0.4, -0.2) is 34.0 Å². The largest absolute Gasteiger partial charge is 0.467 e. The third-order valence-corrected chi connectivity index (χ3v) is 7.39. The molecule has 188 valence electrons. The number of urea groups is 1. The molecule has 0 saturated heterocycles. The van der Waals surface area contributed by atoms with Crippen molar-refractivity contribution in [2.45, 2.75) is 24.9 Å². The third kappa shape index (κ3) is 3.75. The molecule has 1 atom stereocenters. The first-order valence-corrected chi connectivity index (χ1v) is 12.9. The van der Waals surface area contributed by atoms with Gasteiger partial charge in [0.2, 0.25) is 5.91 Å². The van der Waals surface area contributed by atoms with E-state index in [4.69, 9.17) is 4.42 Å². The first-order valence-electron chi connectivity index (χ1n) is 12.9. The van der Waals surface area contributed by atoms with Crippen molar-refractivity contribution < 1.29 is 14.0 Å². The van der Waals surface area contributed by atoms with Crippen molar-refractivity contribution in [2.24, 2.45) is 0 Å². The number of hydrogen-bond donors (Lipinski definition) is 1. The van der Waals surface area contributed by atoms with Gasteiger partial charge in [0.05, 0.1) is 29.0 Å². The minimum absolute atomic E-state index is 0.0342. The number of para-hydroxylation sites is 2. The fourth-order valence-corrected chi connectivity index (χ4v) is 5.47. The number of fused-ring (bicyclic) bond motifs is 4. The number of carbonyl (C=O) groups excluding carboxylic acids is 2. The van der Waals surface area contributed by atoms with Crippen molar-refractivity contribution in [2.75, 3.05) is 16.8 Å². The standard InChI is InChI=1S/C31H26N4O3/c36-29(20-34(22-16-17-22)31(37)32-24-11-5-9-21-8-1-2-10-23(21)24)35-26-13-4-3-12-25(26)33-18-6-14-27(33)30(35)28-15-7-19-38-28/h1-15,18-19,22,30H,16-17,20H2,(H,32,37). The monoisotopic (exact) mass is 502 g/mol. The van der Waals surface area contributed by atoms with Crippen LogP contribution in [0.5, 0.6) is 0 Å². The van der Waals surface area contributed by atoms with Gasteiger partial charge in [-0.05, 0) is 60.7 Å². The third-order valence-electron chi connectivity index (χ3n) is 7.39. The van der Waals surface area contributed by atoms with Gasteiger partial charge in [-0.15, -0.1) is 0 Å². The number of carbonyl (C=O) groups is 2. The summed E-state index contributed by atoms with van der Waals surface area (Å²) in [5.74, 6) is 0.511. The maximum atomic E-state index is 14.2. The van der Waals surface area contributed by atoms with E-state index in [1.165, 1.54) is 0 Å². The summed E-state index contributed by atoms with van der Waals surface area (Å²) in [5, 5.41) is 5.09. The molecule has 1 unspecified atom stereocenters. The molecule has 7 rings (SSSR count). The van der Waals surface area contributed by atoms with Crippen LogP contribution < -0.4 is 10.2 Å².